The molecule has 0 aliphatic heterocycles. The van der Waals surface area contributed by atoms with E-state index in [1.54, 1.807) is 0 Å². The molecule has 0 spiro atoms. The van der Waals surface area contributed by atoms with Crippen LogP contribution in [0.4, 0.5) is 5.69 Å². The molecule has 0 fully saturated rings. The second kappa shape index (κ2) is 3.23. The molecule has 0 saturated carbocycles. The van der Waals surface area contributed by atoms with Crippen LogP contribution in [0.2, 0.25) is 0 Å². The van der Waals surface area contributed by atoms with Gasteiger partial charge in [-0.05, 0) is 0 Å². The molecule has 3 N–H and O–H groups in total. The Labute approximate surface area is 71.6 Å². The topological polar surface area (TPSA) is 93.7 Å². The van der Waals surface area contributed by atoms with E-state index >= 15 is 0 Å². The second-order valence-corrected chi connectivity index (χ2v) is 5.38. The van der Waals surface area contributed by atoms with Gasteiger partial charge in [-0.3, -0.25) is 0 Å². The van der Waals surface area contributed by atoms with Crippen molar-refractivity contribution in [1.29, 1.82) is 5.53 Å². The summed E-state index contributed by atoms with van der Waals surface area (Å²) in [7, 11) is 0. The van der Waals surface area contributed by atoms with Crippen LogP contribution in [0, 0.1) is 11.6 Å². The fraction of sp³-hybridized carbons (Fsp3) is 0. The predicted octanol–water partition coefficient (Wildman–Crippen LogP) is -0.290. The van der Waals surface area contributed by atoms with Gasteiger partial charge in [0.05, 0.1) is 0 Å². The molecule has 0 heterocycles. The first-order chi connectivity index (χ1) is 5.54. The maximum atomic E-state index is 10.7. The van der Waals surface area contributed by atoms with E-state index in [0.29, 0.717) is 5.69 Å². The van der Waals surface area contributed by atoms with Crippen molar-refractivity contribution in [2.75, 3.05) is 0 Å². The summed E-state index contributed by atoms with van der Waals surface area (Å²) in [6, 6.07) is 6.23. The van der Waals surface area contributed by atoms with Crippen molar-refractivity contribution in [1.82, 2.24) is 0 Å². The number of hydrogen-bond acceptors (Lipinski definition) is 3. The van der Waals surface area contributed by atoms with Crippen LogP contribution in [-0.4, -0.2) is 22.4 Å². The molecule has 1 rings (SSSR count). The monoisotopic (exact) mass is 229 g/mol. The van der Waals surface area contributed by atoms with Gasteiger partial charge in [0.25, 0.3) is 0 Å². The number of nitrogens with one attached hydrogen (secondary N) is 1. The van der Waals surface area contributed by atoms with Crippen LogP contribution in [-0.2, 0) is 3.74 Å². The summed E-state index contributed by atoms with van der Waals surface area (Å²) < 4.78 is 28.0. The van der Waals surface area contributed by atoms with E-state index in [1.807, 2.05) is 0 Å². The van der Waals surface area contributed by atoms with Crippen LogP contribution < -0.4 is 4.35 Å². The third-order valence-corrected chi connectivity index (χ3v) is 3.12. The Hall–Kier alpha value is -0.902. The van der Waals surface area contributed by atoms with Crippen LogP contribution in [0.5, 0.6) is 0 Å². The normalized spacial score (nSPS) is 11.2. The summed E-state index contributed by atoms with van der Waals surface area (Å²) in [6.07, 6.45) is 0. The fourth-order valence-corrected chi connectivity index (χ4v) is 1.71. The zero-order chi connectivity index (χ0) is 9.19. The average molecular weight is 229 g/mol. The van der Waals surface area contributed by atoms with E-state index in [2.05, 4.69) is 11.2 Å². The van der Waals surface area contributed by atoms with Crippen molar-refractivity contribution in [2.45, 2.75) is 0 Å². The van der Waals surface area contributed by atoms with Crippen molar-refractivity contribution in [3.8, 4) is 0 Å². The number of hydrogen-bond donors (Lipinski definition) is 3. The van der Waals surface area contributed by atoms with E-state index in [9.17, 15) is 3.74 Å². The molecule has 0 aliphatic rings. The summed E-state index contributed by atoms with van der Waals surface area (Å²) in [6.45, 7) is 0. The number of rotatable bonds is 2. The zero-order valence-corrected chi connectivity index (χ0v) is 7.81. The summed E-state index contributed by atoms with van der Waals surface area (Å²) in [4.78, 5) is 0. The van der Waals surface area contributed by atoms with Gasteiger partial charge >= 0.3 is 71.1 Å². The summed E-state index contributed by atoms with van der Waals surface area (Å²) >= 11 is -4.80. The first-order valence-electron chi connectivity index (χ1n) is 2.99. The molecule has 0 unspecified atom stereocenters. The number of benzene rings is 1. The third kappa shape index (κ3) is 2.04. The average Bonchev–Trinajstić information content (AvgIpc) is 2.03. The number of nitrogens with zero attached hydrogens (tertiary/aromatic N) is 1. The first kappa shape index (κ1) is 9.19. The van der Waals surface area contributed by atoms with E-state index in [-0.39, 0.29) is 4.35 Å². The van der Waals surface area contributed by atoms with Crippen LogP contribution >= 0.6 is 0 Å². The molecule has 5 nitrogen and oxygen atoms in total. The third-order valence-electron chi connectivity index (χ3n) is 1.22. The molecule has 0 aromatic heterocycles. The van der Waals surface area contributed by atoms with Gasteiger partial charge in [0.15, 0.2) is 0 Å². The molecule has 1 radical (unpaired) electrons. The predicted molar refractivity (Wildman–Crippen MR) is 40.6 cm³/mol. The molecular weight excluding hydrogens is 223 g/mol. The van der Waals surface area contributed by atoms with Crippen LogP contribution in [0.25, 0.3) is 0 Å². The van der Waals surface area contributed by atoms with Gasteiger partial charge in [-0.2, -0.15) is 0 Å². The quantitative estimate of drug-likeness (QED) is 0.480. The molecule has 0 amide bonds. The van der Waals surface area contributed by atoms with Gasteiger partial charge in [0.1, 0.15) is 0 Å². The van der Waals surface area contributed by atoms with Crippen LogP contribution in [0.1, 0.15) is 0 Å². The van der Waals surface area contributed by atoms with Crippen molar-refractivity contribution >= 4 is 24.2 Å². The molecule has 12 heavy (non-hydrogen) atoms. The van der Waals surface area contributed by atoms with Gasteiger partial charge in [-0.1, -0.05) is 0 Å². The second-order valence-electron chi connectivity index (χ2n) is 2.09. The van der Waals surface area contributed by atoms with Gasteiger partial charge < -0.3 is 0 Å². The Morgan fingerprint density at radius 1 is 1.50 bits per heavy atom. The fourth-order valence-electron chi connectivity index (χ4n) is 0.659. The van der Waals surface area contributed by atoms with E-state index in [4.69, 9.17) is 13.7 Å². The van der Waals surface area contributed by atoms with Crippen molar-refractivity contribution < 1.29 is 11.9 Å². The van der Waals surface area contributed by atoms with Crippen molar-refractivity contribution in [2.24, 2.45) is 5.11 Å². The summed E-state index contributed by atoms with van der Waals surface area (Å²) in [5.41, 5.74) is 6.91. The van der Waals surface area contributed by atoms with E-state index < -0.39 is 14.2 Å². The molecule has 0 aliphatic carbocycles. The Morgan fingerprint density at radius 2 is 2.17 bits per heavy atom. The first-order valence-corrected chi connectivity index (χ1v) is 6.37. The standard InChI is InChI=1S/C6H6AsN2O3/c8-9-6-3-1-5(2-4-6)7(10,11)12/h1,3-4,8H,(H2,10,11,12). The van der Waals surface area contributed by atoms with Crippen LogP contribution in [0.3, 0.4) is 0 Å². The van der Waals surface area contributed by atoms with Crippen molar-refractivity contribution in [3.63, 3.8) is 0 Å². The van der Waals surface area contributed by atoms with Gasteiger partial charge in [0.2, 0.25) is 0 Å². The molecule has 0 saturated heterocycles. The van der Waals surface area contributed by atoms with Crippen LogP contribution in [0.15, 0.2) is 23.3 Å². The Morgan fingerprint density at radius 3 is 2.50 bits per heavy atom. The molecule has 6 heteroatoms. The van der Waals surface area contributed by atoms with Gasteiger partial charge in [0, 0.05) is 0 Å². The van der Waals surface area contributed by atoms with E-state index in [1.165, 1.54) is 18.2 Å². The minimum absolute atomic E-state index is 0.125. The molecule has 1 aromatic rings. The Kier molecular flexibility index (Phi) is 2.47. The molecule has 0 bridgehead atoms. The maximum absolute atomic E-state index is 10.7. The summed E-state index contributed by atoms with van der Waals surface area (Å²) in [5.74, 6) is 0. The molecule has 1 aromatic carbocycles. The SMILES string of the molecule is N=Nc1c[c]c([As](=O)(O)O)cc1. The minimum atomic E-state index is -4.80. The van der Waals surface area contributed by atoms with Gasteiger partial charge in [-0.25, -0.2) is 0 Å². The Balaban J connectivity index is 3.08. The zero-order valence-electron chi connectivity index (χ0n) is 5.93. The molecule has 63 valence electrons. The van der Waals surface area contributed by atoms with E-state index in [0.717, 1.165) is 0 Å². The van der Waals surface area contributed by atoms with Gasteiger partial charge in [-0.15, -0.1) is 0 Å². The molecular formula is C6H6AsN2O3. The Bertz CT molecular complexity index is 329. The van der Waals surface area contributed by atoms with Crippen molar-refractivity contribution in [3.05, 3.63) is 24.3 Å². The molecule has 0 atom stereocenters. The summed E-state index contributed by atoms with van der Waals surface area (Å²) in [5, 5.41) is 3.07.